The van der Waals surface area contributed by atoms with Gasteiger partial charge in [-0.2, -0.15) is 0 Å². The molecular weight excluding hydrogens is 482 g/mol. The second-order valence-electron chi connectivity index (χ2n) is 7.62. The Morgan fingerprint density at radius 3 is 2.73 bits per heavy atom. The summed E-state index contributed by atoms with van der Waals surface area (Å²) in [6.07, 6.45) is 3.96. The number of hydrogen-bond acceptors (Lipinski definition) is 10. The van der Waals surface area contributed by atoms with Crippen molar-refractivity contribution in [2.75, 3.05) is 24.9 Å². The van der Waals surface area contributed by atoms with E-state index in [9.17, 15) is 13.2 Å². The maximum absolute atomic E-state index is 12.8. The Labute approximate surface area is 200 Å². The Morgan fingerprint density at radius 2 is 2.12 bits per heavy atom. The van der Waals surface area contributed by atoms with E-state index in [-0.39, 0.29) is 17.1 Å². The van der Waals surface area contributed by atoms with Crippen molar-refractivity contribution in [3.63, 3.8) is 0 Å². The van der Waals surface area contributed by atoms with E-state index in [1.807, 2.05) is 17.0 Å². The highest BCUT2D eigenvalue weighted by atomic mass is 32.2. The quantitative estimate of drug-likeness (QED) is 0.432. The number of thioether (sulfide) groups is 1. The topological polar surface area (TPSA) is 127 Å². The normalized spacial score (nSPS) is 20.5. The van der Waals surface area contributed by atoms with Gasteiger partial charge in [0.25, 0.3) is 5.91 Å². The van der Waals surface area contributed by atoms with E-state index in [1.54, 1.807) is 29.3 Å². The number of hydrogen-bond donors (Lipinski definition) is 2. The number of carbonyl (C=O) groups excluding carboxylic acids is 1. The summed E-state index contributed by atoms with van der Waals surface area (Å²) < 4.78 is 23.3. The third kappa shape index (κ3) is 4.92. The van der Waals surface area contributed by atoms with Crippen LogP contribution in [0.2, 0.25) is 0 Å². The molecule has 2 aliphatic rings. The van der Waals surface area contributed by atoms with Crippen LogP contribution in [0.1, 0.15) is 11.3 Å². The molecule has 2 aliphatic heterocycles. The largest absolute Gasteiger partial charge is 0.398 e. The number of amides is 1. The lowest BCUT2D eigenvalue weighted by Crippen LogP contribution is -2.62. The molecular formula is C21H23N5O4S3. The summed E-state index contributed by atoms with van der Waals surface area (Å²) in [5.41, 5.74) is 9.10. The van der Waals surface area contributed by atoms with Crippen molar-refractivity contribution in [1.29, 1.82) is 0 Å². The summed E-state index contributed by atoms with van der Waals surface area (Å²) in [5, 5.41) is 8.81. The Hall–Kier alpha value is -2.83. The van der Waals surface area contributed by atoms with E-state index < -0.39 is 15.7 Å². The zero-order chi connectivity index (χ0) is 23.8. The van der Waals surface area contributed by atoms with Gasteiger partial charge in [0.2, 0.25) is 0 Å². The van der Waals surface area contributed by atoms with E-state index >= 15 is 0 Å². The molecule has 0 unspecified atom stereocenters. The van der Waals surface area contributed by atoms with Gasteiger partial charge in [0.05, 0.1) is 10.9 Å². The van der Waals surface area contributed by atoms with Gasteiger partial charge in [-0.1, -0.05) is 23.9 Å². The van der Waals surface area contributed by atoms with Crippen molar-refractivity contribution in [3.05, 3.63) is 65.0 Å². The van der Waals surface area contributed by atoms with Gasteiger partial charge >= 0.3 is 0 Å². The van der Waals surface area contributed by atoms with Gasteiger partial charge in [-0.25, -0.2) is 13.4 Å². The average Bonchev–Trinajstić information content (AvgIpc) is 3.21. The molecule has 12 heteroatoms. The number of anilines is 1. The lowest BCUT2D eigenvalue weighted by Gasteiger charge is -2.51. The lowest BCUT2D eigenvalue weighted by atomic mass is 10.0. The molecule has 174 valence electrons. The number of nitrogens with one attached hydrogen (secondary N) is 1. The molecule has 0 bridgehead atoms. The summed E-state index contributed by atoms with van der Waals surface area (Å²) in [5.74, 6) is 0.380. The number of nitrogens with zero attached hydrogens (tertiary/aromatic N) is 3. The number of nitrogen functional groups attached to an aromatic ring is 1. The summed E-state index contributed by atoms with van der Waals surface area (Å²) in [6.45, 7) is 4.12. The molecule has 1 saturated heterocycles. The lowest BCUT2D eigenvalue weighted by molar-refractivity contribution is -0.116. The molecule has 0 saturated carbocycles. The molecule has 3 heterocycles. The Bertz CT molecular complexity index is 1250. The summed E-state index contributed by atoms with van der Waals surface area (Å²) in [7, 11) is -1.84. The highest BCUT2D eigenvalue weighted by Crippen LogP contribution is 2.41. The highest BCUT2D eigenvalue weighted by Gasteiger charge is 2.45. The molecule has 1 aromatic carbocycles. The van der Waals surface area contributed by atoms with Crippen LogP contribution in [0.3, 0.4) is 0 Å². The first kappa shape index (κ1) is 23.3. The van der Waals surface area contributed by atoms with Crippen LogP contribution in [0.25, 0.3) is 0 Å². The van der Waals surface area contributed by atoms with E-state index in [4.69, 9.17) is 10.6 Å². The molecule has 1 aromatic heterocycles. The number of nitrogens with two attached hydrogens (primary N) is 1. The molecule has 2 atom stereocenters. The molecule has 3 N–H and O–H groups in total. The maximum Gasteiger partial charge on any atom is 0.276 e. The van der Waals surface area contributed by atoms with Crippen LogP contribution in [-0.2, 0) is 25.9 Å². The molecule has 0 radical (unpaired) electrons. The first-order valence-electron chi connectivity index (χ1n) is 9.88. The minimum absolute atomic E-state index is 0.0297. The van der Waals surface area contributed by atoms with Crippen LogP contribution >= 0.6 is 23.1 Å². The third-order valence-electron chi connectivity index (χ3n) is 5.24. The molecule has 4 rings (SSSR count). The second kappa shape index (κ2) is 9.20. The minimum Gasteiger partial charge on any atom is -0.398 e. The van der Waals surface area contributed by atoms with Crippen LogP contribution in [0.5, 0.6) is 0 Å². The Kier molecular flexibility index (Phi) is 6.50. The standard InChI is InChI=1S/C21H23N5O4S3/c1-12-17(24-19(27)18(25-30-2)16-11-32-21(22)23-16)20-26(12)9-14(10-31-20)8-13-4-6-15(7-5-13)33(3,28)29/h4-7,9,11,17,20H,1,8,10H2,2-3H3,(H2,22,23)(H,24,27)/b25-18-/t17-,20-/m1/s1. The zero-order valence-corrected chi connectivity index (χ0v) is 20.5. The second-order valence-corrected chi connectivity index (χ2v) is 11.6. The van der Waals surface area contributed by atoms with E-state index in [0.717, 1.165) is 17.0 Å². The number of fused-ring (bicyclic) bond motifs is 1. The van der Waals surface area contributed by atoms with Crippen molar-refractivity contribution in [2.45, 2.75) is 22.7 Å². The fraction of sp³-hybridized carbons (Fsp3) is 0.286. The molecule has 9 nitrogen and oxygen atoms in total. The predicted molar refractivity (Wildman–Crippen MR) is 131 cm³/mol. The van der Waals surface area contributed by atoms with Crippen LogP contribution in [0.4, 0.5) is 5.13 Å². The first-order chi connectivity index (χ1) is 15.7. The molecule has 1 fully saturated rings. The SMILES string of the molecule is C=C1[C@@H](NC(=O)/C(=N\OC)c2csc(N)n2)[C@H]2SCC(Cc3ccc(S(C)(=O)=O)cc3)=CN12. The van der Waals surface area contributed by atoms with E-state index in [2.05, 4.69) is 28.2 Å². The minimum atomic E-state index is -3.21. The molecule has 0 aliphatic carbocycles. The summed E-state index contributed by atoms with van der Waals surface area (Å²) in [4.78, 5) is 24.1. The van der Waals surface area contributed by atoms with Gasteiger partial charge in [0.1, 0.15) is 18.2 Å². The van der Waals surface area contributed by atoms with E-state index in [0.29, 0.717) is 22.1 Å². The van der Waals surface area contributed by atoms with Crippen molar-refractivity contribution < 1.29 is 18.0 Å². The molecule has 33 heavy (non-hydrogen) atoms. The number of benzene rings is 1. The summed E-state index contributed by atoms with van der Waals surface area (Å²) in [6, 6.07) is 6.70. The fourth-order valence-electron chi connectivity index (χ4n) is 3.60. The number of thiazole rings is 1. The number of sulfone groups is 1. The summed E-state index contributed by atoms with van der Waals surface area (Å²) >= 11 is 2.93. The zero-order valence-electron chi connectivity index (χ0n) is 18.0. The highest BCUT2D eigenvalue weighted by molar-refractivity contribution is 8.00. The van der Waals surface area contributed by atoms with Crippen molar-refractivity contribution >= 4 is 49.7 Å². The van der Waals surface area contributed by atoms with Gasteiger partial charge in [-0.05, 0) is 29.7 Å². The van der Waals surface area contributed by atoms with E-state index in [1.165, 1.54) is 30.3 Å². The smallest absolute Gasteiger partial charge is 0.276 e. The van der Waals surface area contributed by atoms with Gasteiger partial charge in [0.15, 0.2) is 20.7 Å². The van der Waals surface area contributed by atoms with Crippen LogP contribution < -0.4 is 11.1 Å². The van der Waals surface area contributed by atoms with Gasteiger partial charge in [-0.3, -0.25) is 4.79 Å². The predicted octanol–water partition coefficient (Wildman–Crippen LogP) is 1.99. The fourth-order valence-corrected chi connectivity index (χ4v) is 6.11. The van der Waals surface area contributed by atoms with Crippen LogP contribution in [-0.4, -0.2) is 60.5 Å². The maximum atomic E-state index is 12.8. The van der Waals surface area contributed by atoms with Crippen LogP contribution in [0, 0.1) is 0 Å². The van der Waals surface area contributed by atoms with Gasteiger partial charge in [-0.15, -0.1) is 23.1 Å². The van der Waals surface area contributed by atoms with Gasteiger partial charge in [0, 0.05) is 29.3 Å². The van der Waals surface area contributed by atoms with Crippen molar-refractivity contribution in [3.8, 4) is 0 Å². The Balaban J connectivity index is 1.41. The van der Waals surface area contributed by atoms with Gasteiger partial charge < -0.3 is 20.8 Å². The number of aromatic nitrogens is 1. The molecule has 0 spiro atoms. The average molecular weight is 506 g/mol. The molecule has 2 aromatic rings. The number of rotatable bonds is 7. The monoisotopic (exact) mass is 505 g/mol. The third-order valence-corrected chi connectivity index (χ3v) is 8.42. The number of oxime groups is 1. The first-order valence-corrected chi connectivity index (χ1v) is 13.7. The molecule has 1 amide bonds. The van der Waals surface area contributed by atoms with Crippen LogP contribution in [0.15, 0.2) is 63.7 Å². The van der Waals surface area contributed by atoms with Crippen molar-refractivity contribution in [2.24, 2.45) is 5.16 Å². The number of carbonyl (C=O) groups is 1. The Morgan fingerprint density at radius 1 is 1.39 bits per heavy atom. The van der Waals surface area contributed by atoms with Crippen molar-refractivity contribution in [1.82, 2.24) is 15.2 Å².